The Bertz CT molecular complexity index is 904. The summed E-state index contributed by atoms with van der Waals surface area (Å²) in [5.74, 6) is 2.26. The van der Waals surface area contributed by atoms with Crippen molar-refractivity contribution in [3.8, 4) is 5.75 Å². The Morgan fingerprint density at radius 2 is 1.91 bits per heavy atom. The highest BCUT2D eigenvalue weighted by Crippen LogP contribution is 2.20. The lowest BCUT2D eigenvalue weighted by atomic mass is 10.1. The van der Waals surface area contributed by atoms with Gasteiger partial charge in [-0.25, -0.2) is 4.99 Å². The van der Waals surface area contributed by atoms with Crippen LogP contribution >= 0.6 is 24.0 Å². The lowest BCUT2D eigenvalue weighted by Gasteiger charge is -2.18. The maximum Gasteiger partial charge on any atom is 0.223 e. The fraction of sp³-hybridized carbons (Fsp3) is 0.462. The predicted octanol–water partition coefficient (Wildman–Crippen LogP) is 4.16. The van der Waals surface area contributed by atoms with E-state index in [2.05, 4.69) is 48.7 Å². The molecule has 1 aliphatic heterocycles. The number of hydrogen-bond donors (Lipinski definition) is 2. The van der Waals surface area contributed by atoms with Crippen LogP contribution in [0.1, 0.15) is 37.0 Å². The van der Waals surface area contributed by atoms with Crippen molar-refractivity contribution in [3.63, 3.8) is 0 Å². The van der Waals surface area contributed by atoms with Crippen molar-refractivity contribution in [2.45, 2.75) is 40.2 Å². The molecule has 0 spiro atoms. The average Bonchev–Trinajstić information content (AvgIpc) is 3.16. The number of hydrogen-bond acceptors (Lipinski definition) is 3. The first kappa shape index (κ1) is 27.0. The number of ether oxygens (including phenoxy) is 1. The summed E-state index contributed by atoms with van der Waals surface area (Å²) < 4.78 is 5.62. The van der Waals surface area contributed by atoms with Crippen LogP contribution < -0.4 is 15.4 Å². The van der Waals surface area contributed by atoms with E-state index in [1.54, 1.807) is 0 Å². The number of likely N-dealkylation sites (tertiary alicyclic amines) is 1. The zero-order valence-electron chi connectivity index (χ0n) is 20.0. The summed E-state index contributed by atoms with van der Waals surface area (Å²) in [7, 11) is 0. The van der Waals surface area contributed by atoms with Crippen LogP contribution in [0, 0.1) is 12.8 Å². The van der Waals surface area contributed by atoms with Gasteiger partial charge in [-0.2, -0.15) is 0 Å². The van der Waals surface area contributed by atoms with Gasteiger partial charge in [0, 0.05) is 38.5 Å². The largest absolute Gasteiger partial charge is 0.494 e. The van der Waals surface area contributed by atoms with Crippen LogP contribution in [-0.2, 0) is 17.8 Å². The number of carbonyl (C=O) groups excluding carboxylic acids is 1. The van der Waals surface area contributed by atoms with Crippen molar-refractivity contribution in [1.29, 1.82) is 0 Å². The summed E-state index contributed by atoms with van der Waals surface area (Å²) in [5.41, 5.74) is 3.54. The van der Waals surface area contributed by atoms with Gasteiger partial charge in [0.25, 0.3) is 0 Å². The van der Waals surface area contributed by atoms with Crippen molar-refractivity contribution in [2.75, 3.05) is 32.8 Å². The van der Waals surface area contributed by atoms with Crippen molar-refractivity contribution in [1.82, 2.24) is 15.5 Å². The number of nitrogens with one attached hydrogen (secondary N) is 2. The molecule has 33 heavy (non-hydrogen) atoms. The molecule has 1 amide bonds. The minimum Gasteiger partial charge on any atom is -0.494 e. The zero-order valence-corrected chi connectivity index (χ0v) is 22.3. The van der Waals surface area contributed by atoms with E-state index in [1.165, 1.54) is 5.56 Å². The number of guanidine groups is 1. The number of aryl methyl sites for hydroxylation is 1. The van der Waals surface area contributed by atoms with Crippen molar-refractivity contribution < 1.29 is 9.53 Å². The first-order valence-corrected chi connectivity index (χ1v) is 11.6. The van der Waals surface area contributed by atoms with E-state index in [0.29, 0.717) is 25.5 Å². The number of rotatable bonds is 10. The minimum atomic E-state index is 0. The molecule has 0 bridgehead atoms. The molecule has 0 saturated carbocycles. The quantitative estimate of drug-likeness (QED) is 0.259. The Labute approximate surface area is 215 Å². The van der Waals surface area contributed by atoms with E-state index in [-0.39, 0.29) is 29.9 Å². The van der Waals surface area contributed by atoms with Crippen LogP contribution in [0.5, 0.6) is 5.75 Å². The predicted molar refractivity (Wildman–Crippen MR) is 145 cm³/mol. The SMILES string of the molecule is CCNC(=NCc1ccc(OCC)c(C)c1)NCC1CC(=O)N(CCc2ccccc2)C1.I. The minimum absolute atomic E-state index is 0. The molecule has 0 aromatic heterocycles. The molecule has 0 aliphatic carbocycles. The van der Waals surface area contributed by atoms with Crippen LogP contribution in [0.15, 0.2) is 53.5 Å². The number of aliphatic imine (C=N–C) groups is 1. The molecular weight excluding hydrogens is 527 g/mol. The molecule has 2 aromatic carbocycles. The molecular formula is C26H37IN4O2. The highest BCUT2D eigenvalue weighted by molar-refractivity contribution is 14.0. The molecule has 6 nitrogen and oxygen atoms in total. The standard InChI is InChI=1S/C26H36N4O2.HI/c1-4-27-26(28-17-22-11-12-24(32-5-2)20(3)15-22)29-18-23-16-25(31)30(19-23)14-13-21-9-7-6-8-10-21;/h6-12,15,23H,4-5,13-14,16-19H2,1-3H3,(H2,27,28,29);1H. The van der Waals surface area contributed by atoms with Gasteiger partial charge in [-0.05, 0) is 49.9 Å². The van der Waals surface area contributed by atoms with Gasteiger partial charge in [0.15, 0.2) is 5.96 Å². The van der Waals surface area contributed by atoms with Gasteiger partial charge < -0.3 is 20.3 Å². The summed E-state index contributed by atoms with van der Waals surface area (Å²) in [6.07, 6.45) is 1.50. The highest BCUT2D eigenvalue weighted by atomic mass is 127. The van der Waals surface area contributed by atoms with Gasteiger partial charge in [-0.1, -0.05) is 42.5 Å². The third-order valence-corrected chi connectivity index (χ3v) is 5.67. The molecule has 1 fully saturated rings. The van der Waals surface area contributed by atoms with E-state index in [1.807, 2.05) is 36.1 Å². The third-order valence-electron chi connectivity index (χ3n) is 5.67. The summed E-state index contributed by atoms with van der Waals surface area (Å²) in [5, 5.41) is 6.74. The van der Waals surface area contributed by atoms with Crippen LogP contribution in [0.4, 0.5) is 0 Å². The normalized spacial score (nSPS) is 15.8. The van der Waals surface area contributed by atoms with E-state index in [4.69, 9.17) is 9.73 Å². The summed E-state index contributed by atoms with van der Waals surface area (Å²) >= 11 is 0. The Morgan fingerprint density at radius 1 is 1.12 bits per heavy atom. The average molecular weight is 565 g/mol. The monoisotopic (exact) mass is 564 g/mol. The maximum absolute atomic E-state index is 12.4. The lowest BCUT2D eigenvalue weighted by molar-refractivity contribution is -0.127. The van der Waals surface area contributed by atoms with Crippen LogP contribution in [0.3, 0.4) is 0 Å². The highest BCUT2D eigenvalue weighted by Gasteiger charge is 2.29. The van der Waals surface area contributed by atoms with Crippen LogP contribution in [0.25, 0.3) is 0 Å². The Balaban J connectivity index is 0.00000385. The molecule has 1 aliphatic rings. The van der Waals surface area contributed by atoms with Gasteiger partial charge in [-0.3, -0.25) is 4.79 Å². The second kappa shape index (κ2) is 14.1. The summed E-state index contributed by atoms with van der Waals surface area (Å²) in [4.78, 5) is 19.2. The molecule has 2 aromatic rings. The maximum atomic E-state index is 12.4. The van der Waals surface area contributed by atoms with Gasteiger partial charge in [0.2, 0.25) is 5.91 Å². The molecule has 180 valence electrons. The Kier molecular flexibility index (Phi) is 11.5. The molecule has 2 N–H and O–H groups in total. The summed E-state index contributed by atoms with van der Waals surface area (Å²) in [6.45, 7) is 10.5. The molecule has 1 saturated heterocycles. The number of nitrogens with zero attached hydrogens (tertiary/aromatic N) is 2. The van der Waals surface area contributed by atoms with Gasteiger partial charge >= 0.3 is 0 Å². The topological polar surface area (TPSA) is 66.0 Å². The number of benzene rings is 2. The van der Waals surface area contributed by atoms with Gasteiger partial charge in [0.1, 0.15) is 5.75 Å². The molecule has 1 heterocycles. The third kappa shape index (κ3) is 8.53. The van der Waals surface area contributed by atoms with E-state index < -0.39 is 0 Å². The number of halogens is 1. The molecule has 0 radical (unpaired) electrons. The Morgan fingerprint density at radius 3 is 2.61 bits per heavy atom. The smallest absolute Gasteiger partial charge is 0.223 e. The molecule has 1 unspecified atom stereocenters. The molecule has 7 heteroatoms. The fourth-order valence-corrected chi connectivity index (χ4v) is 4.00. The summed E-state index contributed by atoms with van der Waals surface area (Å²) in [6, 6.07) is 16.5. The van der Waals surface area contributed by atoms with Crippen molar-refractivity contribution in [3.05, 3.63) is 65.2 Å². The second-order valence-corrected chi connectivity index (χ2v) is 8.25. The molecule has 3 rings (SSSR count). The zero-order chi connectivity index (χ0) is 22.8. The van der Waals surface area contributed by atoms with E-state index >= 15 is 0 Å². The van der Waals surface area contributed by atoms with Crippen LogP contribution in [0.2, 0.25) is 0 Å². The van der Waals surface area contributed by atoms with Gasteiger partial charge in [0.05, 0.1) is 13.2 Å². The van der Waals surface area contributed by atoms with E-state index in [0.717, 1.165) is 55.4 Å². The Hall–Kier alpha value is -2.29. The number of amides is 1. The van der Waals surface area contributed by atoms with Gasteiger partial charge in [-0.15, -0.1) is 24.0 Å². The molecule has 1 atom stereocenters. The fourth-order valence-electron chi connectivity index (χ4n) is 4.00. The van der Waals surface area contributed by atoms with E-state index in [9.17, 15) is 4.79 Å². The van der Waals surface area contributed by atoms with Crippen molar-refractivity contribution >= 4 is 35.8 Å². The number of carbonyl (C=O) groups is 1. The first-order valence-electron chi connectivity index (χ1n) is 11.6. The van der Waals surface area contributed by atoms with Crippen molar-refractivity contribution in [2.24, 2.45) is 10.9 Å². The van der Waals surface area contributed by atoms with Crippen LogP contribution in [-0.4, -0.2) is 49.6 Å². The first-order chi connectivity index (χ1) is 15.6. The second-order valence-electron chi connectivity index (χ2n) is 8.25. The lowest BCUT2D eigenvalue weighted by Crippen LogP contribution is -2.40.